The second kappa shape index (κ2) is 5.85. The van der Waals surface area contributed by atoms with Gasteiger partial charge < -0.3 is 0 Å². The van der Waals surface area contributed by atoms with Gasteiger partial charge in [0.05, 0.1) is 5.56 Å². The largest absolute Gasteiger partial charge is 0.416 e. The molecule has 0 spiro atoms. The van der Waals surface area contributed by atoms with Crippen molar-refractivity contribution in [1.82, 2.24) is 0 Å². The van der Waals surface area contributed by atoms with Crippen LogP contribution in [0.3, 0.4) is 0 Å². The van der Waals surface area contributed by atoms with Gasteiger partial charge in [-0.1, -0.05) is 24.1 Å². The molecule has 0 saturated carbocycles. The lowest BCUT2D eigenvalue weighted by Crippen LogP contribution is -2.03. The predicted octanol–water partition coefficient (Wildman–Crippen LogP) is 4.81. The van der Waals surface area contributed by atoms with Crippen LogP contribution >= 0.6 is 11.8 Å². The van der Waals surface area contributed by atoms with Crippen LogP contribution in [0.1, 0.15) is 11.1 Å². The fourth-order valence-electron chi connectivity index (χ4n) is 1.38. The molecule has 0 bridgehead atoms. The molecule has 0 heterocycles. The molecule has 0 N–H and O–H groups in total. The maximum absolute atomic E-state index is 12.4. The summed E-state index contributed by atoms with van der Waals surface area (Å²) in [5.41, 5.74) is 0.231. The van der Waals surface area contributed by atoms with E-state index in [1.807, 2.05) is 30.3 Å². The van der Waals surface area contributed by atoms with E-state index in [0.717, 1.165) is 17.7 Å². The second-order valence-corrected chi connectivity index (χ2v) is 4.60. The maximum Gasteiger partial charge on any atom is 0.416 e. The van der Waals surface area contributed by atoms with Gasteiger partial charge in [0.25, 0.3) is 0 Å². The van der Waals surface area contributed by atoms with Crippen LogP contribution in [-0.2, 0) is 6.18 Å². The van der Waals surface area contributed by atoms with Gasteiger partial charge in [-0.15, -0.1) is 0 Å². The van der Waals surface area contributed by atoms with E-state index in [-0.39, 0.29) is 0 Å². The molecule has 0 radical (unpaired) electrons. The minimum absolute atomic E-state index is 0.645. The number of hydrogen-bond acceptors (Lipinski definition) is 1. The molecule has 0 unspecified atom stereocenters. The second-order valence-electron chi connectivity index (χ2n) is 3.72. The van der Waals surface area contributed by atoms with Crippen molar-refractivity contribution in [3.05, 3.63) is 65.7 Å². The molecular weight excluding hydrogens is 269 g/mol. The fourth-order valence-corrected chi connectivity index (χ4v) is 1.94. The number of hydrogen-bond donors (Lipinski definition) is 0. The van der Waals surface area contributed by atoms with Crippen molar-refractivity contribution in [3.63, 3.8) is 0 Å². The average molecular weight is 278 g/mol. The van der Waals surface area contributed by atoms with E-state index in [9.17, 15) is 13.2 Å². The molecule has 0 nitrogen and oxygen atoms in total. The van der Waals surface area contributed by atoms with Gasteiger partial charge in [-0.25, -0.2) is 0 Å². The lowest BCUT2D eigenvalue weighted by Gasteiger charge is -2.05. The van der Waals surface area contributed by atoms with Crippen molar-refractivity contribution in [3.8, 4) is 11.2 Å². The molecule has 0 amide bonds. The lowest BCUT2D eigenvalue weighted by atomic mass is 10.2. The molecule has 0 aliphatic carbocycles. The zero-order valence-corrected chi connectivity index (χ0v) is 10.6. The first-order valence-electron chi connectivity index (χ1n) is 5.46. The van der Waals surface area contributed by atoms with E-state index in [1.54, 1.807) is 0 Å². The molecule has 2 aromatic rings. The average Bonchev–Trinajstić information content (AvgIpc) is 2.39. The minimum Gasteiger partial charge on any atom is -0.166 e. The highest BCUT2D eigenvalue weighted by atomic mass is 32.2. The topological polar surface area (TPSA) is 0 Å². The summed E-state index contributed by atoms with van der Waals surface area (Å²) < 4.78 is 37.1. The predicted molar refractivity (Wildman–Crippen MR) is 70.6 cm³/mol. The van der Waals surface area contributed by atoms with Gasteiger partial charge in [0.1, 0.15) is 0 Å². The van der Waals surface area contributed by atoms with Gasteiger partial charge >= 0.3 is 6.18 Å². The molecule has 19 heavy (non-hydrogen) atoms. The molecule has 0 aliphatic heterocycles. The van der Waals surface area contributed by atoms with E-state index in [0.29, 0.717) is 4.90 Å². The minimum atomic E-state index is -4.29. The van der Waals surface area contributed by atoms with Gasteiger partial charge in [-0.05, 0) is 53.4 Å². The molecule has 0 fully saturated rings. The summed E-state index contributed by atoms with van der Waals surface area (Å²) in [6.07, 6.45) is -4.29. The molecular formula is C15H9F3S. The quantitative estimate of drug-likeness (QED) is 0.533. The Morgan fingerprint density at radius 2 is 1.47 bits per heavy atom. The van der Waals surface area contributed by atoms with Gasteiger partial charge in [0, 0.05) is 10.5 Å². The SMILES string of the molecule is FC(F)(F)c1ccc(SC#Cc2ccccc2)cc1. The van der Waals surface area contributed by atoms with Crippen molar-refractivity contribution in [2.24, 2.45) is 0 Å². The first-order valence-corrected chi connectivity index (χ1v) is 6.27. The molecule has 0 atom stereocenters. The Bertz CT molecular complexity index is 589. The monoisotopic (exact) mass is 278 g/mol. The molecule has 2 aromatic carbocycles. The Morgan fingerprint density at radius 1 is 0.842 bits per heavy atom. The number of halogens is 3. The van der Waals surface area contributed by atoms with Crippen molar-refractivity contribution in [2.75, 3.05) is 0 Å². The number of alkyl halides is 3. The first kappa shape index (κ1) is 13.6. The van der Waals surface area contributed by atoms with Gasteiger partial charge in [-0.2, -0.15) is 13.2 Å². The van der Waals surface area contributed by atoms with E-state index < -0.39 is 11.7 Å². The third-order valence-corrected chi connectivity index (χ3v) is 3.03. The first-order chi connectivity index (χ1) is 9.05. The standard InChI is InChI=1S/C15H9F3S/c16-15(17,18)13-6-8-14(9-7-13)19-11-10-12-4-2-1-3-5-12/h1-9H. The Hall–Kier alpha value is -1.86. The molecule has 4 heteroatoms. The highest BCUT2D eigenvalue weighted by molar-refractivity contribution is 8.03. The summed E-state index contributed by atoms with van der Waals surface area (Å²) in [5, 5.41) is 2.86. The summed E-state index contributed by atoms with van der Waals surface area (Å²) in [7, 11) is 0. The Balaban J connectivity index is 2.03. The summed E-state index contributed by atoms with van der Waals surface area (Å²) in [6.45, 7) is 0. The van der Waals surface area contributed by atoms with E-state index >= 15 is 0 Å². The number of thioether (sulfide) groups is 1. The molecule has 2 rings (SSSR count). The van der Waals surface area contributed by atoms with Crippen LogP contribution in [0.4, 0.5) is 13.2 Å². The fraction of sp³-hybridized carbons (Fsp3) is 0.0667. The zero-order chi connectivity index (χ0) is 13.7. The summed E-state index contributed by atoms with van der Waals surface area (Å²) in [5.74, 6) is 2.93. The Morgan fingerprint density at radius 3 is 2.05 bits per heavy atom. The van der Waals surface area contributed by atoms with Crippen LogP contribution in [0.25, 0.3) is 0 Å². The van der Waals surface area contributed by atoms with Gasteiger partial charge in [0.15, 0.2) is 0 Å². The number of rotatable bonds is 1. The van der Waals surface area contributed by atoms with E-state index in [1.165, 1.54) is 23.9 Å². The summed E-state index contributed by atoms with van der Waals surface area (Å²) in [6, 6.07) is 14.4. The molecule has 0 aliphatic rings. The van der Waals surface area contributed by atoms with Crippen molar-refractivity contribution in [2.45, 2.75) is 11.1 Å². The maximum atomic E-state index is 12.4. The van der Waals surface area contributed by atoms with Crippen molar-refractivity contribution >= 4 is 11.8 Å². The lowest BCUT2D eigenvalue weighted by molar-refractivity contribution is -0.137. The third kappa shape index (κ3) is 4.08. The van der Waals surface area contributed by atoms with Crippen LogP contribution in [0.15, 0.2) is 59.5 Å². The zero-order valence-electron chi connectivity index (χ0n) is 9.74. The van der Waals surface area contributed by atoms with Crippen LogP contribution in [0, 0.1) is 11.2 Å². The summed E-state index contributed by atoms with van der Waals surface area (Å²) in [4.78, 5) is 0.691. The van der Waals surface area contributed by atoms with Gasteiger partial charge in [0.2, 0.25) is 0 Å². The normalized spacial score (nSPS) is 10.7. The molecule has 0 saturated heterocycles. The smallest absolute Gasteiger partial charge is 0.166 e. The third-order valence-electron chi connectivity index (χ3n) is 2.32. The number of benzene rings is 2. The van der Waals surface area contributed by atoms with E-state index in [2.05, 4.69) is 11.2 Å². The highest BCUT2D eigenvalue weighted by Crippen LogP contribution is 2.30. The van der Waals surface area contributed by atoms with Crippen molar-refractivity contribution < 1.29 is 13.2 Å². The van der Waals surface area contributed by atoms with Crippen LogP contribution in [0.5, 0.6) is 0 Å². The van der Waals surface area contributed by atoms with Crippen LogP contribution in [0.2, 0.25) is 0 Å². The summed E-state index contributed by atoms with van der Waals surface area (Å²) >= 11 is 1.21. The van der Waals surface area contributed by atoms with E-state index in [4.69, 9.17) is 0 Å². The molecule has 0 aromatic heterocycles. The Labute approximate surface area is 113 Å². The molecule has 96 valence electrons. The van der Waals surface area contributed by atoms with Crippen molar-refractivity contribution in [1.29, 1.82) is 0 Å². The van der Waals surface area contributed by atoms with Crippen LogP contribution in [-0.4, -0.2) is 0 Å². The van der Waals surface area contributed by atoms with Gasteiger partial charge in [-0.3, -0.25) is 0 Å². The Kier molecular flexibility index (Phi) is 4.18. The van der Waals surface area contributed by atoms with Crippen LogP contribution < -0.4 is 0 Å². The highest BCUT2D eigenvalue weighted by Gasteiger charge is 2.29.